The Labute approximate surface area is 142 Å². The topological polar surface area (TPSA) is 55.3 Å². The minimum atomic E-state index is -0.0334. The van der Waals surface area contributed by atoms with Crippen molar-refractivity contribution in [3.05, 3.63) is 53.6 Å². The quantitative estimate of drug-likeness (QED) is 0.848. The van der Waals surface area contributed by atoms with E-state index in [1.54, 1.807) is 17.3 Å². The maximum absolute atomic E-state index is 12.4. The van der Waals surface area contributed by atoms with Crippen molar-refractivity contribution in [3.63, 3.8) is 0 Å². The highest BCUT2D eigenvalue weighted by Gasteiger charge is 2.33. The Bertz CT molecular complexity index is 707. The Balaban J connectivity index is 1.57. The summed E-state index contributed by atoms with van der Waals surface area (Å²) < 4.78 is 6.01. The maximum Gasteiger partial charge on any atom is 0.257 e. The summed E-state index contributed by atoms with van der Waals surface area (Å²) in [6.45, 7) is 7.37. The summed E-state index contributed by atoms with van der Waals surface area (Å²) in [6, 6.07) is 8.05. The van der Waals surface area contributed by atoms with Crippen LogP contribution in [-0.2, 0) is 6.42 Å². The fourth-order valence-electron chi connectivity index (χ4n) is 2.70. The molecule has 1 aromatic carbocycles. The highest BCUT2D eigenvalue weighted by atomic mass is 16.5. The SMILES string of the molecule is CCc1ccccc1OC1CN(C(=O)c2cnc(C(C)C)nc2)C1. The number of carbonyl (C=O) groups is 1. The Hall–Kier alpha value is -2.43. The van der Waals surface area contributed by atoms with Gasteiger partial charge in [0.25, 0.3) is 5.91 Å². The van der Waals surface area contributed by atoms with Gasteiger partial charge in [-0.3, -0.25) is 4.79 Å². The van der Waals surface area contributed by atoms with Crippen molar-refractivity contribution in [2.45, 2.75) is 39.2 Å². The van der Waals surface area contributed by atoms with Gasteiger partial charge in [-0.05, 0) is 18.1 Å². The fourth-order valence-corrected chi connectivity index (χ4v) is 2.70. The zero-order chi connectivity index (χ0) is 17.1. The van der Waals surface area contributed by atoms with E-state index in [1.807, 2.05) is 32.0 Å². The Morgan fingerprint density at radius 1 is 1.25 bits per heavy atom. The monoisotopic (exact) mass is 325 g/mol. The van der Waals surface area contributed by atoms with E-state index in [-0.39, 0.29) is 17.9 Å². The third-order valence-corrected chi connectivity index (χ3v) is 4.22. The second-order valence-corrected chi connectivity index (χ2v) is 6.40. The minimum Gasteiger partial charge on any atom is -0.486 e. The predicted octanol–water partition coefficient (Wildman–Crippen LogP) is 3.07. The van der Waals surface area contributed by atoms with Crippen molar-refractivity contribution < 1.29 is 9.53 Å². The number of hydrogen-bond acceptors (Lipinski definition) is 4. The van der Waals surface area contributed by atoms with Crippen LogP contribution in [0.4, 0.5) is 0 Å². The molecule has 2 aromatic rings. The lowest BCUT2D eigenvalue weighted by Gasteiger charge is -2.39. The van der Waals surface area contributed by atoms with Crippen LogP contribution in [0.25, 0.3) is 0 Å². The molecule has 1 aromatic heterocycles. The molecule has 24 heavy (non-hydrogen) atoms. The summed E-state index contributed by atoms with van der Waals surface area (Å²) in [7, 11) is 0. The second kappa shape index (κ2) is 6.99. The maximum atomic E-state index is 12.4. The van der Waals surface area contributed by atoms with Gasteiger partial charge >= 0.3 is 0 Å². The summed E-state index contributed by atoms with van der Waals surface area (Å²) in [5.41, 5.74) is 1.73. The summed E-state index contributed by atoms with van der Waals surface area (Å²) in [4.78, 5) is 22.7. The molecular formula is C19H23N3O2. The first-order chi connectivity index (χ1) is 11.6. The van der Waals surface area contributed by atoms with Crippen molar-refractivity contribution in [2.75, 3.05) is 13.1 Å². The molecule has 1 amide bonds. The van der Waals surface area contributed by atoms with Crippen LogP contribution < -0.4 is 4.74 Å². The van der Waals surface area contributed by atoms with Gasteiger partial charge in [0.2, 0.25) is 0 Å². The van der Waals surface area contributed by atoms with Gasteiger partial charge in [-0.25, -0.2) is 9.97 Å². The van der Waals surface area contributed by atoms with Crippen LogP contribution in [0.3, 0.4) is 0 Å². The molecule has 1 aliphatic heterocycles. The van der Waals surface area contributed by atoms with Crippen molar-refractivity contribution in [3.8, 4) is 5.75 Å². The summed E-state index contributed by atoms with van der Waals surface area (Å²) in [6.07, 6.45) is 4.22. The van der Waals surface area contributed by atoms with Gasteiger partial charge in [0.1, 0.15) is 17.7 Å². The standard InChI is InChI=1S/C19H23N3O2/c1-4-14-7-5-6-8-17(14)24-16-11-22(12-16)19(23)15-9-20-18(13(2)3)21-10-15/h5-10,13,16H,4,11-12H2,1-3H3. The molecule has 1 aliphatic rings. The molecule has 0 saturated carbocycles. The van der Waals surface area contributed by atoms with Crippen LogP contribution in [0.2, 0.25) is 0 Å². The molecule has 5 nitrogen and oxygen atoms in total. The highest BCUT2D eigenvalue weighted by molar-refractivity contribution is 5.94. The van der Waals surface area contributed by atoms with E-state index in [2.05, 4.69) is 23.0 Å². The van der Waals surface area contributed by atoms with Gasteiger partial charge in [-0.2, -0.15) is 0 Å². The number of carbonyl (C=O) groups excluding carboxylic acids is 1. The number of benzene rings is 1. The summed E-state index contributed by atoms with van der Waals surface area (Å²) in [5, 5.41) is 0. The molecule has 2 heterocycles. The fraction of sp³-hybridized carbons (Fsp3) is 0.421. The van der Waals surface area contributed by atoms with Gasteiger partial charge in [-0.1, -0.05) is 39.0 Å². The number of aromatic nitrogens is 2. The zero-order valence-electron chi connectivity index (χ0n) is 14.4. The summed E-state index contributed by atoms with van der Waals surface area (Å²) in [5.74, 6) is 1.90. The predicted molar refractivity (Wildman–Crippen MR) is 92.3 cm³/mol. The van der Waals surface area contributed by atoms with Crippen LogP contribution >= 0.6 is 0 Å². The van der Waals surface area contributed by atoms with E-state index >= 15 is 0 Å². The number of amides is 1. The third kappa shape index (κ3) is 3.40. The Morgan fingerprint density at radius 3 is 2.54 bits per heavy atom. The Kier molecular flexibility index (Phi) is 4.79. The van der Waals surface area contributed by atoms with E-state index in [9.17, 15) is 4.79 Å². The van der Waals surface area contributed by atoms with E-state index in [0.29, 0.717) is 18.7 Å². The highest BCUT2D eigenvalue weighted by Crippen LogP contribution is 2.23. The van der Waals surface area contributed by atoms with E-state index in [1.165, 1.54) is 5.56 Å². The Morgan fingerprint density at radius 2 is 1.92 bits per heavy atom. The number of rotatable bonds is 5. The number of likely N-dealkylation sites (tertiary alicyclic amines) is 1. The largest absolute Gasteiger partial charge is 0.486 e. The lowest BCUT2D eigenvalue weighted by atomic mass is 10.1. The van der Waals surface area contributed by atoms with Crippen LogP contribution in [0.15, 0.2) is 36.7 Å². The molecule has 0 radical (unpaired) electrons. The number of nitrogens with zero attached hydrogens (tertiary/aromatic N) is 3. The molecule has 0 unspecified atom stereocenters. The number of aryl methyl sites for hydroxylation is 1. The number of para-hydroxylation sites is 1. The normalized spacial score (nSPS) is 14.6. The van der Waals surface area contributed by atoms with Gasteiger partial charge in [0.15, 0.2) is 0 Å². The molecule has 0 atom stereocenters. The average Bonchev–Trinajstić information content (AvgIpc) is 2.57. The van der Waals surface area contributed by atoms with E-state index in [0.717, 1.165) is 18.0 Å². The van der Waals surface area contributed by atoms with Crippen molar-refractivity contribution in [1.29, 1.82) is 0 Å². The number of ether oxygens (including phenoxy) is 1. The van der Waals surface area contributed by atoms with Crippen molar-refractivity contribution in [1.82, 2.24) is 14.9 Å². The van der Waals surface area contributed by atoms with Gasteiger partial charge in [-0.15, -0.1) is 0 Å². The van der Waals surface area contributed by atoms with E-state index in [4.69, 9.17) is 4.74 Å². The smallest absolute Gasteiger partial charge is 0.257 e. The first-order valence-electron chi connectivity index (χ1n) is 8.44. The summed E-state index contributed by atoms with van der Waals surface area (Å²) >= 11 is 0. The molecule has 5 heteroatoms. The second-order valence-electron chi connectivity index (χ2n) is 6.40. The molecule has 1 saturated heterocycles. The van der Waals surface area contributed by atoms with Gasteiger partial charge in [0.05, 0.1) is 18.7 Å². The minimum absolute atomic E-state index is 0.0334. The molecule has 0 bridgehead atoms. The van der Waals surface area contributed by atoms with Crippen LogP contribution in [-0.4, -0.2) is 40.0 Å². The molecule has 1 fully saturated rings. The molecular weight excluding hydrogens is 302 g/mol. The van der Waals surface area contributed by atoms with Gasteiger partial charge in [0, 0.05) is 18.3 Å². The first-order valence-corrected chi connectivity index (χ1v) is 8.44. The van der Waals surface area contributed by atoms with E-state index < -0.39 is 0 Å². The lowest BCUT2D eigenvalue weighted by molar-refractivity contribution is 0.0174. The molecule has 0 spiro atoms. The lowest BCUT2D eigenvalue weighted by Crippen LogP contribution is -2.56. The van der Waals surface area contributed by atoms with Crippen molar-refractivity contribution in [2.24, 2.45) is 0 Å². The first kappa shape index (κ1) is 16.4. The molecule has 0 N–H and O–H groups in total. The zero-order valence-corrected chi connectivity index (χ0v) is 14.4. The average molecular weight is 325 g/mol. The number of hydrogen-bond donors (Lipinski definition) is 0. The van der Waals surface area contributed by atoms with Crippen molar-refractivity contribution >= 4 is 5.91 Å². The van der Waals surface area contributed by atoms with Crippen LogP contribution in [0.1, 0.15) is 48.4 Å². The molecule has 3 rings (SSSR count). The van der Waals surface area contributed by atoms with Gasteiger partial charge < -0.3 is 9.64 Å². The third-order valence-electron chi connectivity index (χ3n) is 4.22. The molecule has 126 valence electrons. The molecule has 0 aliphatic carbocycles. The van der Waals surface area contributed by atoms with Crippen LogP contribution in [0.5, 0.6) is 5.75 Å². The van der Waals surface area contributed by atoms with Crippen LogP contribution in [0, 0.1) is 0 Å².